The third-order valence-corrected chi connectivity index (χ3v) is 1.42. The van der Waals surface area contributed by atoms with Crippen LogP contribution in [0.25, 0.3) is 0 Å². The summed E-state index contributed by atoms with van der Waals surface area (Å²) < 4.78 is 17.6. The Balaban J connectivity index is 0.000000500. The van der Waals surface area contributed by atoms with E-state index in [1.54, 1.807) is 12.1 Å². The van der Waals surface area contributed by atoms with E-state index in [-0.39, 0.29) is 24.4 Å². The fourth-order valence-electron chi connectivity index (χ4n) is 0.896. The van der Waals surface area contributed by atoms with Gasteiger partial charge in [-0.05, 0) is 12.1 Å². The normalized spacial score (nSPS) is 11.0. The first-order chi connectivity index (χ1) is 4.36. The van der Waals surface area contributed by atoms with Crippen LogP contribution < -0.4 is 10.9 Å². The molecule has 0 saturated carbocycles. The monoisotopic (exact) mass is 177 g/mol. The van der Waals surface area contributed by atoms with Crippen LogP contribution in [0.15, 0.2) is 18.2 Å². The summed E-state index contributed by atoms with van der Waals surface area (Å²) in [7, 11) is 0. The van der Waals surface area contributed by atoms with Crippen LogP contribution in [0.5, 0.6) is 5.75 Å². The van der Waals surface area contributed by atoms with Crippen LogP contribution in [-0.2, 0) is 6.61 Å². The molecule has 0 saturated heterocycles. The van der Waals surface area contributed by atoms with Crippen LogP contribution in [0, 0.1) is 5.82 Å². The molecule has 0 aliphatic carbocycles. The number of hydrogen-bond donors (Lipinski definition) is 1. The number of ether oxygens (including phenoxy) is 1. The average molecular weight is 178 g/mol. The Morgan fingerprint density at radius 1 is 1.36 bits per heavy atom. The lowest BCUT2D eigenvalue weighted by Crippen LogP contribution is -2.04. The maximum absolute atomic E-state index is 12.6. The standard InChI is InChI=1S/C7H5FO.ClH.H3N/c8-7-3-6-2-1-5(7)4-9-6;;/h1-3H,4H2;1H;1H3. The molecule has 0 amide bonds. The second-order valence-corrected chi connectivity index (χ2v) is 2.04. The quantitative estimate of drug-likeness (QED) is 0.661. The van der Waals surface area contributed by atoms with Crippen molar-refractivity contribution in [3.05, 3.63) is 29.6 Å². The second kappa shape index (κ2) is 3.55. The predicted octanol–water partition coefficient (Wildman–Crippen LogP) is 2.30. The van der Waals surface area contributed by atoms with Crippen LogP contribution >= 0.6 is 12.4 Å². The molecule has 2 nitrogen and oxygen atoms in total. The van der Waals surface area contributed by atoms with Crippen molar-refractivity contribution in [2.24, 2.45) is 0 Å². The Labute approximate surface area is 70.4 Å². The van der Waals surface area contributed by atoms with Gasteiger partial charge >= 0.3 is 0 Å². The smallest absolute Gasteiger partial charge is 0.133 e. The van der Waals surface area contributed by atoms with Crippen molar-refractivity contribution in [3.63, 3.8) is 0 Å². The molecule has 2 bridgehead atoms. The molecule has 0 spiro atoms. The van der Waals surface area contributed by atoms with Crippen LogP contribution in [0.3, 0.4) is 0 Å². The molecule has 1 aromatic carbocycles. The van der Waals surface area contributed by atoms with Crippen LogP contribution in [0.2, 0.25) is 0 Å². The zero-order valence-electron chi connectivity index (χ0n) is 5.84. The molecule has 0 radical (unpaired) electrons. The summed E-state index contributed by atoms with van der Waals surface area (Å²) in [5, 5.41) is 0. The summed E-state index contributed by atoms with van der Waals surface area (Å²) in [6.07, 6.45) is 0. The summed E-state index contributed by atoms with van der Waals surface area (Å²) in [6.45, 7) is 0.397. The maximum Gasteiger partial charge on any atom is 0.133 e. The van der Waals surface area contributed by atoms with Crippen molar-refractivity contribution < 1.29 is 9.13 Å². The molecule has 11 heavy (non-hydrogen) atoms. The molecule has 2 aliphatic rings. The van der Waals surface area contributed by atoms with E-state index in [0.29, 0.717) is 17.9 Å². The fraction of sp³-hybridized carbons (Fsp3) is 0.143. The Bertz CT molecular complexity index is 254. The minimum atomic E-state index is -0.154. The molecule has 0 unspecified atom stereocenters. The molecular formula is C7H9ClFNO. The second-order valence-electron chi connectivity index (χ2n) is 2.04. The van der Waals surface area contributed by atoms with Gasteiger partial charge in [0, 0.05) is 11.6 Å². The lowest BCUT2D eigenvalue weighted by atomic mass is 10.2. The van der Waals surface area contributed by atoms with Gasteiger partial charge in [0.05, 0.1) is 0 Å². The van der Waals surface area contributed by atoms with Crippen LogP contribution in [-0.4, -0.2) is 0 Å². The van der Waals surface area contributed by atoms with E-state index in [1.807, 2.05) is 0 Å². The highest BCUT2D eigenvalue weighted by Gasteiger charge is 2.10. The highest BCUT2D eigenvalue weighted by atomic mass is 35.5. The van der Waals surface area contributed by atoms with Gasteiger partial charge in [-0.1, -0.05) is 0 Å². The molecule has 3 N–H and O–H groups in total. The Hall–Kier alpha value is -0.800. The Morgan fingerprint density at radius 2 is 2.09 bits per heavy atom. The van der Waals surface area contributed by atoms with E-state index in [0.717, 1.165) is 0 Å². The minimum Gasteiger partial charge on any atom is -0.489 e. The van der Waals surface area contributed by atoms with E-state index < -0.39 is 0 Å². The third-order valence-electron chi connectivity index (χ3n) is 1.42. The number of halogens is 2. The lowest BCUT2D eigenvalue weighted by molar-refractivity contribution is 0.282. The molecule has 0 atom stereocenters. The van der Waals surface area contributed by atoms with Crippen molar-refractivity contribution in [3.8, 4) is 5.75 Å². The molecule has 3 rings (SSSR count). The number of fused-ring (bicyclic) bond motifs is 3. The molecule has 4 heteroatoms. The minimum absolute atomic E-state index is 0. The largest absolute Gasteiger partial charge is 0.489 e. The van der Waals surface area contributed by atoms with Crippen molar-refractivity contribution in [2.75, 3.05) is 0 Å². The topological polar surface area (TPSA) is 44.2 Å². The average Bonchev–Trinajstić information content (AvgIpc) is 1.90. The van der Waals surface area contributed by atoms with Crippen LogP contribution in [0.4, 0.5) is 4.39 Å². The van der Waals surface area contributed by atoms with E-state index in [1.165, 1.54) is 6.07 Å². The highest BCUT2D eigenvalue weighted by molar-refractivity contribution is 5.85. The van der Waals surface area contributed by atoms with E-state index >= 15 is 0 Å². The zero-order valence-corrected chi connectivity index (χ0v) is 6.66. The van der Waals surface area contributed by atoms with Crippen molar-refractivity contribution in [1.82, 2.24) is 6.15 Å². The van der Waals surface area contributed by atoms with Crippen molar-refractivity contribution in [2.45, 2.75) is 6.61 Å². The van der Waals surface area contributed by atoms with Crippen molar-refractivity contribution in [1.29, 1.82) is 0 Å². The lowest BCUT2D eigenvalue weighted by Gasteiger charge is -2.13. The van der Waals surface area contributed by atoms with Gasteiger partial charge in [-0.2, -0.15) is 0 Å². The van der Waals surface area contributed by atoms with Crippen molar-refractivity contribution >= 4 is 12.4 Å². The molecule has 0 aromatic heterocycles. The molecule has 1 aromatic rings. The number of hydrogen-bond acceptors (Lipinski definition) is 2. The SMILES string of the molecule is Cl.Fc1cc2ccc1CO2.N. The molecule has 0 fully saturated rings. The van der Waals surface area contributed by atoms with Gasteiger partial charge in [-0.15, -0.1) is 12.4 Å². The first-order valence-electron chi connectivity index (χ1n) is 2.77. The summed E-state index contributed by atoms with van der Waals surface area (Å²) in [4.78, 5) is 0. The maximum atomic E-state index is 12.6. The fourth-order valence-corrected chi connectivity index (χ4v) is 0.896. The van der Waals surface area contributed by atoms with Gasteiger partial charge in [0.1, 0.15) is 18.2 Å². The Morgan fingerprint density at radius 3 is 2.27 bits per heavy atom. The highest BCUT2D eigenvalue weighted by Crippen LogP contribution is 2.23. The van der Waals surface area contributed by atoms with E-state index in [2.05, 4.69) is 0 Å². The summed E-state index contributed by atoms with van der Waals surface area (Å²) >= 11 is 0. The summed E-state index contributed by atoms with van der Waals surface area (Å²) in [6, 6.07) is 4.91. The first-order valence-corrected chi connectivity index (χ1v) is 2.77. The molecule has 2 aliphatic heterocycles. The first kappa shape index (κ1) is 10.2. The summed E-state index contributed by atoms with van der Waals surface area (Å²) in [5.41, 5.74) is 0.644. The predicted molar refractivity (Wildman–Crippen MR) is 43.0 cm³/mol. The van der Waals surface area contributed by atoms with E-state index in [9.17, 15) is 4.39 Å². The van der Waals surface area contributed by atoms with E-state index in [4.69, 9.17) is 4.74 Å². The number of rotatable bonds is 0. The third kappa shape index (κ3) is 1.61. The molecule has 62 valence electrons. The van der Waals surface area contributed by atoms with Gasteiger partial charge in [-0.3, -0.25) is 0 Å². The van der Waals surface area contributed by atoms with Gasteiger partial charge in [0.2, 0.25) is 0 Å². The zero-order chi connectivity index (χ0) is 6.27. The van der Waals surface area contributed by atoms with Gasteiger partial charge in [0.15, 0.2) is 0 Å². The Kier molecular flexibility index (Phi) is 3.29. The molecular weight excluding hydrogens is 169 g/mol. The number of benzene rings is 1. The summed E-state index contributed by atoms with van der Waals surface area (Å²) in [5.74, 6) is 0.473. The van der Waals surface area contributed by atoms with Crippen LogP contribution in [0.1, 0.15) is 5.56 Å². The molecule has 2 heterocycles. The van der Waals surface area contributed by atoms with Gasteiger partial charge < -0.3 is 10.9 Å². The van der Waals surface area contributed by atoms with Gasteiger partial charge in [0.25, 0.3) is 0 Å². The van der Waals surface area contributed by atoms with Gasteiger partial charge in [-0.25, -0.2) is 4.39 Å².